The number of nitrogens with zero attached hydrogens (tertiary/aromatic N) is 2. The van der Waals surface area contributed by atoms with Crippen LogP contribution in [0.15, 0.2) is 53.5 Å². The third-order valence-corrected chi connectivity index (χ3v) is 8.38. The van der Waals surface area contributed by atoms with Crippen molar-refractivity contribution in [3.05, 3.63) is 81.1 Å². The van der Waals surface area contributed by atoms with Gasteiger partial charge in [-0.25, -0.2) is 9.18 Å². The van der Waals surface area contributed by atoms with E-state index in [2.05, 4.69) is 20.6 Å². The molecule has 1 aliphatic heterocycles. The SMILES string of the molecule is CC(=N)NCC[C@@H]1CCC[C@@H](c2ccc(-n3cc4cc(-c5cc(CCC[C@@H](N)CO)cc(Cl)c5F)[nH]c4nc3=O)cc2)N1. The monoisotopic (exact) mass is 607 g/mol. The van der Waals surface area contributed by atoms with Crippen LogP contribution in [0.5, 0.6) is 0 Å². The van der Waals surface area contributed by atoms with Gasteiger partial charge in [0.05, 0.1) is 28.8 Å². The van der Waals surface area contributed by atoms with Crippen LogP contribution in [0.2, 0.25) is 5.02 Å². The van der Waals surface area contributed by atoms with Crippen LogP contribution >= 0.6 is 11.6 Å². The second kappa shape index (κ2) is 13.8. The number of amidine groups is 1. The van der Waals surface area contributed by atoms with Crippen molar-refractivity contribution in [3.63, 3.8) is 0 Å². The maximum Gasteiger partial charge on any atom is 0.354 e. The molecule has 5 rings (SSSR count). The van der Waals surface area contributed by atoms with Gasteiger partial charge >= 0.3 is 5.69 Å². The number of fused-ring (bicyclic) bond motifs is 1. The molecule has 0 radical (unpaired) electrons. The molecule has 43 heavy (non-hydrogen) atoms. The highest BCUT2D eigenvalue weighted by Crippen LogP contribution is 2.32. The van der Waals surface area contributed by atoms with Gasteiger partial charge in [-0.05, 0) is 86.9 Å². The number of aromatic amines is 1. The fourth-order valence-electron chi connectivity index (χ4n) is 5.78. The summed E-state index contributed by atoms with van der Waals surface area (Å²) in [7, 11) is 0. The maximum atomic E-state index is 15.1. The first-order valence-corrected chi connectivity index (χ1v) is 15.2. The van der Waals surface area contributed by atoms with Gasteiger partial charge in [0.2, 0.25) is 0 Å². The Morgan fingerprint density at radius 2 is 2.07 bits per heavy atom. The lowest BCUT2D eigenvalue weighted by molar-refractivity contribution is 0.258. The van der Waals surface area contributed by atoms with Crippen LogP contribution in [0.25, 0.3) is 28.0 Å². The van der Waals surface area contributed by atoms with Crippen LogP contribution in [0.4, 0.5) is 4.39 Å². The third-order valence-electron chi connectivity index (χ3n) is 8.10. The predicted octanol–water partition coefficient (Wildman–Crippen LogP) is 4.98. The highest BCUT2D eigenvalue weighted by atomic mass is 35.5. The summed E-state index contributed by atoms with van der Waals surface area (Å²) < 4.78 is 16.6. The minimum atomic E-state index is -0.547. The average Bonchev–Trinajstić information content (AvgIpc) is 3.41. The van der Waals surface area contributed by atoms with Crippen LogP contribution in [-0.2, 0) is 6.42 Å². The van der Waals surface area contributed by atoms with Gasteiger partial charge in [-0.1, -0.05) is 30.2 Å². The molecule has 228 valence electrons. The fraction of sp³-hybridized carbons (Fsp3) is 0.406. The molecule has 9 nitrogen and oxygen atoms in total. The van der Waals surface area contributed by atoms with Crippen molar-refractivity contribution in [3.8, 4) is 16.9 Å². The summed E-state index contributed by atoms with van der Waals surface area (Å²) in [5.74, 6) is -0.0609. The quantitative estimate of drug-likeness (QED) is 0.105. The topological polar surface area (TPSA) is 145 Å². The first-order valence-electron chi connectivity index (χ1n) is 14.8. The van der Waals surface area contributed by atoms with E-state index < -0.39 is 11.5 Å². The molecule has 4 aromatic rings. The highest BCUT2D eigenvalue weighted by Gasteiger charge is 2.22. The zero-order chi connectivity index (χ0) is 30.5. The zero-order valence-electron chi connectivity index (χ0n) is 24.3. The van der Waals surface area contributed by atoms with Crippen LogP contribution < -0.4 is 22.1 Å². The lowest BCUT2D eigenvalue weighted by Gasteiger charge is -2.31. The summed E-state index contributed by atoms with van der Waals surface area (Å²) in [6.07, 6.45) is 7.99. The van der Waals surface area contributed by atoms with Crippen molar-refractivity contribution >= 4 is 28.5 Å². The molecule has 2 aromatic heterocycles. The molecule has 0 amide bonds. The van der Waals surface area contributed by atoms with Crippen molar-refractivity contribution in [2.45, 2.75) is 70.0 Å². The summed E-state index contributed by atoms with van der Waals surface area (Å²) in [5, 5.41) is 24.2. The van der Waals surface area contributed by atoms with E-state index >= 15 is 4.39 Å². The molecule has 1 fully saturated rings. The average molecular weight is 608 g/mol. The Hall–Kier alpha value is -3.57. The number of halogens is 2. The van der Waals surface area contributed by atoms with Crippen molar-refractivity contribution in [1.82, 2.24) is 25.2 Å². The smallest absolute Gasteiger partial charge is 0.354 e. The Kier molecular flexibility index (Phi) is 9.92. The summed E-state index contributed by atoms with van der Waals surface area (Å²) in [6, 6.07) is 13.4. The lowest BCUT2D eigenvalue weighted by atomic mass is 9.92. The van der Waals surface area contributed by atoms with Crippen molar-refractivity contribution < 1.29 is 9.50 Å². The Morgan fingerprint density at radius 3 is 2.81 bits per heavy atom. The largest absolute Gasteiger partial charge is 0.395 e. The number of H-pyrrole nitrogens is 1. The Balaban J connectivity index is 1.34. The molecule has 11 heteroatoms. The van der Waals surface area contributed by atoms with Crippen LogP contribution in [0.1, 0.15) is 62.6 Å². The number of nitrogens with two attached hydrogens (primary N) is 1. The molecular formula is C32H39ClFN7O2. The Bertz CT molecular complexity index is 1640. The van der Waals surface area contributed by atoms with E-state index in [1.54, 1.807) is 31.3 Å². The normalized spacial score (nSPS) is 17.7. The summed E-state index contributed by atoms with van der Waals surface area (Å²) in [4.78, 5) is 20.3. The molecule has 2 aromatic carbocycles. The molecule has 0 spiro atoms. The van der Waals surface area contributed by atoms with Gasteiger partial charge in [-0.3, -0.25) is 9.98 Å². The number of aryl methyl sites for hydroxylation is 1. The number of benzene rings is 2. The van der Waals surface area contributed by atoms with E-state index in [4.69, 9.17) is 27.9 Å². The zero-order valence-corrected chi connectivity index (χ0v) is 25.1. The number of hydrogen-bond acceptors (Lipinski definition) is 6. The van der Waals surface area contributed by atoms with E-state index in [1.807, 2.05) is 24.3 Å². The van der Waals surface area contributed by atoms with Crippen molar-refractivity contribution in [2.75, 3.05) is 13.2 Å². The summed E-state index contributed by atoms with van der Waals surface area (Å²) >= 11 is 6.24. The number of rotatable bonds is 11. The Labute approximate surface area is 255 Å². The fourth-order valence-corrected chi connectivity index (χ4v) is 6.02. The standard InChI is InChI=1S/C32H39ClFN7O2/c1-19(35)37-13-12-24-6-3-7-28(38-24)21-8-10-25(11-9-21)41-17-22-16-29(39-31(22)40-32(41)43)26-14-20(15-27(33)30(26)34)4-2-5-23(36)18-42/h8-11,14-17,23-24,28,38,42H,2-7,12-13,18,36H2,1H3,(H2,35,37)(H,39,40,43)/t23-,24+,28+/m1/s1. The number of hydrogen-bond donors (Lipinski definition) is 6. The van der Waals surface area contributed by atoms with E-state index in [-0.39, 0.29) is 23.7 Å². The van der Waals surface area contributed by atoms with Gasteiger partial charge in [0.25, 0.3) is 0 Å². The molecule has 0 unspecified atom stereocenters. The van der Waals surface area contributed by atoms with Crippen LogP contribution in [-0.4, -0.2) is 50.7 Å². The van der Waals surface area contributed by atoms with Gasteiger partial charge in [0.1, 0.15) is 5.65 Å². The maximum absolute atomic E-state index is 15.1. The first-order chi connectivity index (χ1) is 20.7. The minimum Gasteiger partial charge on any atom is -0.395 e. The van der Waals surface area contributed by atoms with Gasteiger partial charge in [-0.2, -0.15) is 4.98 Å². The molecule has 7 N–H and O–H groups in total. The molecule has 1 saturated heterocycles. The molecular weight excluding hydrogens is 569 g/mol. The summed E-state index contributed by atoms with van der Waals surface area (Å²) in [6.45, 7) is 2.46. The highest BCUT2D eigenvalue weighted by molar-refractivity contribution is 6.31. The molecule has 0 aliphatic carbocycles. The van der Waals surface area contributed by atoms with Gasteiger partial charge in [0, 0.05) is 41.8 Å². The van der Waals surface area contributed by atoms with Gasteiger partial charge < -0.3 is 26.5 Å². The van der Waals surface area contributed by atoms with E-state index in [0.29, 0.717) is 52.7 Å². The number of piperidine rings is 1. The molecule has 1 aliphatic rings. The lowest BCUT2D eigenvalue weighted by Crippen LogP contribution is -2.39. The molecule has 0 bridgehead atoms. The number of nitrogens with one attached hydrogen (secondary N) is 4. The number of aliphatic hydroxyl groups excluding tert-OH is 1. The summed E-state index contributed by atoms with van der Waals surface area (Å²) in [5.41, 5.74) is 9.24. The Morgan fingerprint density at radius 1 is 1.28 bits per heavy atom. The van der Waals surface area contributed by atoms with Crippen LogP contribution in [0.3, 0.4) is 0 Å². The van der Waals surface area contributed by atoms with E-state index in [1.165, 1.54) is 10.1 Å². The first kappa shape index (κ1) is 30.9. The van der Waals surface area contributed by atoms with Crippen LogP contribution in [0, 0.1) is 11.2 Å². The van der Waals surface area contributed by atoms with E-state index in [9.17, 15) is 4.79 Å². The van der Waals surface area contributed by atoms with Crippen molar-refractivity contribution in [2.24, 2.45) is 5.73 Å². The third kappa shape index (κ3) is 7.51. The second-order valence-corrected chi connectivity index (χ2v) is 11.8. The van der Waals surface area contributed by atoms with Gasteiger partial charge in [0.15, 0.2) is 5.82 Å². The van der Waals surface area contributed by atoms with E-state index in [0.717, 1.165) is 44.2 Å². The number of aromatic nitrogens is 3. The number of aliphatic hydroxyl groups is 1. The molecule has 3 atom stereocenters. The molecule has 0 saturated carbocycles. The minimum absolute atomic E-state index is 0.0159. The second-order valence-electron chi connectivity index (χ2n) is 11.4. The van der Waals surface area contributed by atoms with Crippen molar-refractivity contribution in [1.29, 1.82) is 5.41 Å². The molecule has 3 heterocycles. The van der Waals surface area contributed by atoms with Gasteiger partial charge in [-0.15, -0.1) is 0 Å². The predicted molar refractivity (Wildman–Crippen MR) is 170 cm³/mol.